The van der Waals surface area contributed by atoms with Gasteiger partial charge >= 0.3 is 6.09 Å². The predicted octanol–water partition coefficient (Wildman–Crippen LogP) is 2.53. The third-order valence-corrected chi connectivity index (χ3v) is 2.70. The van der Waals surface area contributed by atoms with Crippen LogP contribution in [-0.4, -0.2) is 36.1 Å². The highest BCUT2D eigenvalue weighted by Crippen LogP contribution is 2.25. The van der Waals surface area contributed by atoms with Gasteiger partial charge in [-0.25, -0.2) is 4.79 Å². The molecule has 0 unspecified atom stereocenters. The summed E-state index contributed by atoms with van der Waals surface area (Å²) in [6.07, 6.45) is -0.397. The molecule has 0 atom stereocenters. The quantitative estimate of drug-likeness (QED) is 0.892. The van der Waals surface area contributed by atoms with Crippen LogP contribution in [0.3, 0.4) is 0 Å². The SMILES string of the molecule is CC(C)(C)OC(=O)N(c1ccc(O)cc1)C1COC1. The van der Waals surface area contributed by atoms with E-state index in [-0.39, 0.29) is 11.8 Å². The van der Waals surface area contributed by atoms with Gasteiger partial charge in [-0.1, -0.05) is 0 Å². The summed E-state index contributed by atoms with van der Waals surface area (Å²) in [6.45, 7) is 6.49. The van der Waals surface area contributed by atoms with Gasteiger partial charge in [0.05, 0.1) is 19.3 Å². The summed E-state index contributed by atoms with van der Waals surface area (Å²) >= 11 is 0. The topological polar surface area (TPSA) is 59.0 Å². The van der Waals surface area contributed by atoms with Gasteiger partial charge in [0, 0.05) is 5.69 Å². The van der Waals surface area contributed by atoms with Crippen molar-refractivity contribution in [2.75, 3.05) is 18.1 Å². The zero-order valence-corrected chi connectivity index (χ0v) is 11.4. The second kappa shape index (κ2) is 5.09. The second-order valence-electron chi connectivity index (χ2n) is 5.56. The number of carbonyl (C=O) groups excluding carboxylic acids is 1. The molecule has 1 aliphatic heterocycles. The lowest BCUT2D eigenvalue weighted by Gasteiger charge is -2.37. The van der Waals surface area contributed by atoms with E-state index in [1.54, 1.807) is 29.2 Å². The molecular weight excluding hydrogens is 246 g/mol. The van der Waals surface area contributed by atoms with Crippen molar-refractivity contribution in [1.29, 1.82) is 0 Å². The molecule has 1 saturated heterocycles. The Hall–Kier alpha value is -1.75. The van der Waals surface area contributed by atoms with Crippen molar-refractivity contribution in [3.63, 3.8) is 0 Å². The number of hydrogen-bond donors (Lipinski definition) is 1. The molecular formula is C14H19NO4. The summed E-state index contributed by atoms with van der Waals surface area (Å²) in [4.78, 5) is 13.8. The third kappa shape index (κ3) is 3.38. The lowest BCUT2D eigenvalue weighted by atomic mass is 10.1. The van der Waals surface area contributed by atoms with Gasteiger partial charge in [0.25, 0.3) is 0 Å². The highest BCUT2D eigenvalue weighted by Gasteiger charge is 2.34. The van der Waals surface area contributed by atoms with Crippen molar-refractivity contribution in [2.24, 2.45) is 0 Å². The minimum absolute atomic E-state index is 0.0145. The molecule has 0 aromatic heterocycles. The maximum Gasteiger partial charge on any atom is 0.415 e. The Balaban J connectivity index is 2.20. The van der Waals surface area contributed by atoms with Crippen LogP contribution in [0.1, 0.15) is 20.8 Å². The van der Waals surface area contributed by atoms with E-state index in [1.165, 1.54) is 0 Å². The number of hydrogen-bond acceptors (Lipinski definition) is 4. The number of phenols is 1. The van der Waals surface area contributed by atoms with Gasteiger partial charge in [-0.15, -0.1) is 0 Å². The molecule has 1 N–H and O–H groups in total. The highest BCUT2D eigenvalue weighted by molar-refractivity contribution is 5.88. The average Bonchev–Trinajstić information content (AvgIpc) is 2.22. The van der Waals surface area contributed by atoms with Gasteiger partial charge < -0.3 is 14.6 Å². The molecule has 1 fully saturated rings. The summed E-state index contributed by atoms with van der Waals surface area (Å²) in [7, 11) is 0. The van der Waals surface area contributed by atoms with Crippen molar-refractivity contribution in [3.8, 4) is 5.75 Å². The summed E-state index contributed by atoms with van der Waals surface area (Å²) in [5, 5.41) is 9.31. The summed E-state index contributed by atoms with van der Waals surface area (Å²) in [5.41, 5.74) is 0.150. The van der Waals surface area contributed by atoms with E-state index in [9.17, 15) is 9.90 Å². The lowest BCUT2D eigenvalue weighted by Crippen LogP contribution is -2.53. The number of aromatic hydroxyl groups is 1. The van der Waals surface area contributed by atoms with Crippen molar-refractivity contribution in [1.82, 2.24) is 0 Å². The first-order chi connectivity index (χ1) is 8.87. The van der Waals surface area contributed by atoms with Crippen LogP contribution in [0.2, 0.25) is 0 Å². The van der Waals surface area contributed by atoms with E-state index in [4.69, 9.17) is 9.47 Å². The standard InChI is InChI=1S/C14H19NO4/c1-14(2,3)19-13(17)15(11-8-18-9-11)10-4-6-12(16)7-5-10/h4-7,11,16H,8-9H2,1-3H3. The number of benzene rings is 1. The molecule has 2 rings (SSSR count). The first kappa shape index (κ1) is 13.7. The van der Waals surface area contributed by atoms with Crippen molar-refractivity contribution in [2.45, 2.75) is 32.4 Å². The van der Waals surface area contributed by atoms with Crippen molar-refractivity contribution in [3.05, 3.63) is 24.3 Å². The molecule has 1 heterocycles. The largest absolute Gasteiger partial charge is 0.508 e. The van der Waals surface area contributed by atoms with E-state index in [0.717, 1.165) is 0 Å². The molecule has 1 amide bonds. The van der Waals surface area contributed by atoms with Gasteiger partial charge in [-0.3, -0.25) is 4.90 Å². The third-order valence-electron chi connectivity index (χ3n) is 2.70. The Bertz CT molecular complexity index is 446. The van der Waals surface area contributed by atoms with Crippen LogP contribution in [-0.2, 0) is 9.47 Å². The molecule has 1 aromatic carbocycles. The van der Waals surface area contributed by atoms with Gasteiger partial charge in [0.2, 0.25) is 0 Å². The van der Waals surface area contributed by atoms with Crippen LogP contribution in [0.4, 0.5) is 10.5 Å². The monoisotopic (exact) mass is 265 g/mol. The molecule has 0 bridgehead atoms. The molecule has 0 saturated carbocycles. The number of nitrogens with zero attached hydrogens (tertiary/aromatic N) is 1. The maximum absolute atomic E-state index is 12.3. The Kier molecular flexibility index (Phi) is 3.66. The molecule has 0 radical (unpaired) electrons. The van der Waals surface area contributed by atoms with Crippen LogP contribution in [0, 0.1) is 0 Å². The molecule has 104 valence electrons. The molecule has 5 heteroatoms. The Morgan fingerprint density at radius 1 is 1.32 bits per heavy atom. The zero-order chi connectivity index (χ0) is 14.0. The fourth-order valence-corrected chi connectivity index (χ4v) is 1.76. The predicted molar refractivity (Wildman–Crippen MR) is 71.4 cm³/mol. The number of phenolic OH excluding ortho intramolecular Hbond substituents is 1. The second-order valence-corrected chi connectivity index (χ2v) is 5.56. The normalized spacial score (nSPS) is 15.7. The van der Waals surface area contributed by atoms with Crippen LogP contribution in [0.15, 0.2) is 24.3 Å². The first-order valence-corrected chi connectivity index (χ1v) is 6.26. The molecule has 1 aliphatic rings. The van der Waals surface area contributed by atoms with Gasteiger partial charge in [0.1, 0.15) is 11.4 Å². The lowest BCUT2D eigenvalue weighted by molar-refractivity contribution is -0.000365. The van der Waals surface area contributed by atoms with E-state index < -0.39 is 11.7 Å². The Morgan fingerprint density at radius 2 is 1.89 bits per heavy atom. The fraction of sp³-hybridized carbons (Fsp3) is 0.500. The van der Waals surface area contributed by atoms with Crippen LogP contribution < -0.4 is 4.90 Å². The van der Waals surface area contributed by atoms with Gasteiger partial charge in [0.15, 0.2) is 0 Å². The number of anilines is 1. The molecule has 0 aliphatic carbocycles. The molecule has 19 heavy (non-hydrogen) atoms. The van der Waals surface area contributed by atoms with E-state index in [0.29, 0.717) is 18.9 Å². The Morgan fingerprint density at radius 3 is 2.32 bits per heavy atom. The van der Waals surface area contributed by atoms with E-state index >= 15 is 0 Å². The first-order valence-electron chi connectivity index (χ1n) is 6.26. The van der Waals surface area contributed by atoms with Gasteiger partial charge in [-0.2, -0.15) is 0 Å². The maximum atomic E-state index is 12.3. The minimum Gasteiger partial charge on any atom is -0.508 e. The minimum atomic E-state index is -0.545. The molecule has 0 spiro atoms. The number of amides is 1. The summed E-state index contributed by atoms with van der Waals surface area (Å²) < 4.78 is 10.6. The zero-order valence-electron chi connectivity index (χ0n) is 11.4. The molecule has 5 nitrogen and oxygen atoms in total. The molecule has 1 aromatic rings. The van der Waals surface area contributed by atoms with Gasteiger partial charge in [-0.05, 0) is 45.0 Å². The summed E-state index contributed by atoms with van der Waals surface area (Å²) in [6, 6.07) is 6.47. The van der Waals surface area contributed by atoms with Crippen molar-refractivity contribution < 1.29 is 19.4 Å². The van der Waals surface area contributed by atoms with Crippen molar-refractivity contribution >= 4 is 11.8 Å². The fourth-order valence-electron chi connectivity index (χ4n) is 1.76. The smallest absolute Gasteiger partial charge is 0.415 e. The van der Waals surface area contributed by atoms with E-state index in [2.05, 4.69) is 0 Å². The number of carbonyl (C=O) groups is 1. The van der Waals surface area contributed by atoms with Crippen LogP contribution >= 0.6 is 0 Å². The van der Waals surface area contributed by atoms with E-state index in [1.807, 2.05) is 20.8 Å². The number of ether oxygens (including phenoxy) is 2. The average molecular weight is 265 g/mol. The highest BCUT2D eigenvalue weighted by atomic mass is 16.6. The summed E-state index contributed by atoms with van der Waals surface area (Å²) in [5.74, 6) is 0.165. The number of rotatable bonds is 2. The Labute approximate surface area is 112 Å². The van der Waals surface area contributed by atoms with Crippen LogP contribution in [0.5, 0.6) is 5.75 Å². The van der Waals surface area contributed by atoms with Crippen LogP contribution in [0.25, 0.3) is 0 Å².